The Balaban J connectivity index is 1.56. The Morgan fingerprint density at radius 1 is 1.36 bits per heavy atom. The van der Waals surface area contributed by atoms with Crippen molar-refractivity contribution in [3.05, 3.63) is 60.0 Å². The van der Waals surface area contributed by atoms with Crippen LogP contribution in [-0.4, -0.2) is 28.9 Å². The van der Waals surface area contributed by atoms with Gasteiger partial charge < -0.3 is 9.15 Å². The minimum Gasteiger partial charge on any atom is -0.494 e. The van der Waals surface area contributed by atoms with Gasteiger partial charge in [-0.2, -0.15) is 10.2 Å². The number of hydrazone groups is 1. The van der Waals surface area contributed by atoms with Crippen LogP contribution in [-0.2, 0) is 0 Å². The number of aromatic amines is 1. The molecule has 0 fully saturated rings. The molecule has 3 aromatic rings. The minimum absolute atomic E-state index is 0.229. The first-order chi connectivity index (χ1) is 12.3. The number of benzene rings is 1. The molecule has 1 aromatic carbocycles. The average molecular weight is 338 g/mol. The Morgan fingerprint density at radius 2 is 2.20 bits per heavy atom. The van der Waals surface area contributed by atoms with Crippen molar-refractivity contribution in [1.29, 1.82) is 0 Å². The van der Waals surface area contributed by atoms with Gasteiger partial charge in [0.1, 0.15) is 11.4 Å². The molecule has 0 spiro atoms. The third-order valence-corrected chi connectivity index (χ3v) is 3.33. The van der Waals surface area contributed by atoms with E-state index in [2.05, 4.69) is 27.6 Å². The first-order valence-electron chi connectivity index (χ1n) is 7.92. The van der Waals surface area contributed by atoms with E-state index < -0.39 is 5.91 Å². The molecule has 0 radical (unpaired) electrons. The summed E-state index contributed by atoms with van der Waals surface area (Å²) >= 11 is 0. The highest BCUT2D eigenvalue weighted by molar-refractivity contribution is 5.93. The lowest BCUT2D eigenvalue weighted by Crippen LogP contribution is -2.17. The number of nitrogens with one attached hydrogen (secondary N) is 2. The maximum Gasteiger partial charge on any atom is 0.291 e. The fourth-order valence-corrected chi connectivity index (χ4v) is 2.09. The lowest BCUT2D eigenvalue weighted by molar-refractivity contribution is 0.0950. The monoisotopic (exact) mass is 338 g/mol. The average Bonchev–Trinajstić information content (AvgIpc) is 3.32. The van der Waals surface area contributed by atoms with E-state index in [-0.39, 0.29) is 5.69 Å². The summed E-state index contributed by atoms with van der Waals surface area (Å²) in [5.74, 6) is 1.01. The van der Waals surface area contributed by atoms with E-state index in [1.54, 1.807) is 30.7 Å². The fraction of sp³-hybridized carbons (Fsp3) is 0.167. The quantitative estimate of drug-likeness (QED) is 0.511. The van der Waals surface area contributed by atoms with Crippen LogP contribution in [0.1, 0.15) is 29.4 Å². The van der Waals surface area contributed by atoms with Crippen LogP contribution in [0.2, 0.25) is 0 Å². The van der Waals surface area contributed by atoms with Gasteiger partial charge in [-0.15, -0.1) is 0 Å². The van der Waals surface area contributed by atoms with Gasteiger partial charge in [-0.05, 0) is 48.4 Å². The molecule has 25 heavy (non-hydrogen) atoms. The van der Waals surface area contributed by atoms with Crippen LogP contribution in [0.15, 0.2) is 58.2 Å². The Kier molecular flexibility index (Phi) is 5.26. The molecule has 2 heterocycles. The highest BCUT2D eigenvalue weighted by atomic mass is 16.5. The van der Waals surface area contributed by atoms with E-state index in [9.17, 15) is 4.79 Å². The first-order valence-corrected chi connectivity index (χ1v) is 7.92. The zero-order valence-corrected chi connectivity index (χ0v) is 13.7. The van der Waals surface area contributed by atoms with Crippen molar-refractivity contribution in [2.45, 2.75) is 13.3 Å². The van der Waals surface area contributed by atoms with E-state index >= 15 is 0 Å². The lowest BCUT2D eigenvalue weighted by atomic mass is 10.2. The summed E-state index contributed by atoms with van der Waals surface area (Å²) in [6, 6.07) is 12.6. The molecule has 0 aliphatic carbocycles. The summed E-state index contributed by atoms with van der Waals surface area (Å²) in [7, 11) is 0. The normalized spacial score (nSPS) is 10.9. The maximum absolute atomic E-state index is 12.0. The molecule has 3 rings (SSSR count). The SMILES string of the molecule is CCCOc1ccc(C=NNC(=O)c2cc(-c3ccco3)[nH]n2)cc1. The fourth-order valence-electron chi connectivity index (χ4n) is 2.09. The molecule has 7 nitrogen and oxygen atoms in total. The van der Waals surface area contributed by atoms with Gasteiger partial charge in [-0.25, -0.2) is 5.43 Å². The summed E-state index contributed by atoms with van der Waals surface area (Å²) in [5, 5.41) is 10.6. The lowest BCUT2D eigenvalue weighted by Gasteiger charge is -2.03. The van der Waals surface area contributed by atoms with Crippen LogP contribution in [0.25, 0.3) is 11.5 Å². The Morgan fingerprint density at radius 3 is 2.92 bits per heavy atom. The zero-order valence-electron chi connectivity index (χ0n) is 13.7. The second kappa shape index (κ2) is 7.96. The Bertz CT molecular complexity index is 836. The second-order valence-corrected chi connectivity index (χ2v) is 5.26. The third kappa shape index (κ3) is 4.35. The van der Waals surface area contributed by atoms with Crippen LogP contribution >= 0.6 is 0 Å². The van der Waals surface area contributed by atoms with Crippen LogP contribution in [0.3, 0.4) is 0 Å². The van der Waals surface area contributed by atoms with Gasteiger partial charge >= 0.3 is 0 Å². The van der Waals surface area contributed by atoms with Gasteiger partial charge in [-0.3, -0.25) is 9.89 Å². The summed E-state index contributed by atoms with van der Waals surface area (Å²) in [6.45, 7) is 2.74. The van der Waals surface area contributed by atoms with E-state index in [0.29, 0.717) is 18.1 Å². The highest BCUT2D eigenvalue weighted by Crippen LogP contribution is 2.17. The van der Waals surface area contributed by atoms with Crippen LogP contribution in [0.4, 0.5) is 0 Å². The van der Waals surface area contributed by atoms with Crippen molar-refractivity contribution in [1.82, 2.24) is 15.6 Å². The van der Waals surface area contributed by atoms with Crippen LogP contribution in [0, 0.1) is 0 Å². The topological polar surface area (TPSA) is 92.5 Å². The number of amides is 1. The molecule has 0 aliphatic heterocycles. The molecule has 0 aliphatic rings. The molecule has 2 aromatic heterocycles. The summed E-state index contributed by atoms with van der Waals surface area (Å²) in [5.41, 5.74) is 4.15. The van der Waals surface area contributed by atoms with Crippen LogP contribution < -0.4 is 10.2 Å². The summed E-state index contributed by atoms with van der Waals surface area (Å²) in [6.07, 6.45) is 4.07. The number of carbonyl (C=O) groups is 1. The number of aromatic nitrogens is 2. The number of furan rings is 1. The molecular formula is C18H18N4O3. The molecule has 1 amide bonds. The molecule has 0 atom stereocenters. The van der Waals surface area contributed by atoms with Crippen molar-refractivity contribution < 1.29 is 13.9 Å². The number of H-pyrrole nitrogens is 1. The molecule has 128 valence electrons. The standard InChI is InChI=1S/C18H18N4O3/c1-2-9-24-14-7-5-13(6-8-14)12-19-22-18(23)16-11-15(20-21-16)17-4-3-10-25-17/h3-8,10-12H,2,9H2,1H3,(H,20,21)(H,22,23). The van der Waals surface area contributed by atoms with Crippen molar-refractivity contribution in [2.24, 2.45) is 5.10 Å². The number of nitrogens with zero attached hydrogens (tertiary/aromatic N) is 2. The zero-order chi connectivity index (χ0) is 17.5. The van der Waals surface area contributed by atoms with Crippen molar-refractivity contribution >= 4 is 12.1 Å². The molecule has 2 N–H and O–H groups in total. The Labute approximate surface area is 144 Å². The predicted octanol–water partition coefficient (Wildman–Crippen LogP) is 3.22. The number of hydrogen-bond donors (Lipinski definition) is 2. The largest absolute Gasteiger partial charge is 0.494 e. The van der Waals surface area contributed by atoms with Gasteiger partial charge in [0.2, 0.25) is 0 Å². The highest BCUT2D eigenvalue weighted by Gasteiger charge is 2.11. The summed E-state index contributed by atoms with van der Waals surface area (Å²) in [4.78, 5) is 12.0. The van der Waals surface area contributed by atoms with Gasteiger partial charge in [0, 0.05) is 6.07 Å². The number of ether oxygens (including phenoxy) is 1. The van der Waals surface area contributed by atoms with Gasteiger partial charge in [0.15, 0.2) is 11.5 Å². The maximum atomic E-state index is 12.0. The number of rotatable bonds is 7. The molecule has 0 saturated heterocycles. The smallest absolute Gasteiger partial charge is 0.291 e. The Hall–Kier alpha value is -3.35. The molecular weight excluding hydrogens is 320 g/mol. The number of hydrogen-bond acceptors (Lipinski definition) is 5. The van der Waals surface area contributed by atoms with E-state index in [1.165, 1.54) is 0 Å². The van der Waals surface area contributed by atoms with Crippen molar-refractivity contribution in [3.63, 3.8) is 0 Å². The molecule has 0 saturated carbocycles. The van der Waals surface area contributed by atoms with E-state index in [1.807, 2.05) is 24.3 Å². The van der Waals surface area contributed by atoms with Crippen molar-refractivity contribution in [2.75, 3.05) is 6.61 Å². The van der Waals surface area contributed by atoms with E-state index in [0.717, 1.165) is 17.7 Å². The minimum atomic E-state index is -0.409. The van der Waals surface area contributed by atoms with Crippen LogP contribution in [0.5, 0.6) is 5.75 Å². The van der Waals surface area contributed by atoms with E-state index in [4.69, 9.17) is 9.15 Å². The van der Waals surface area contributed by atoms with Gasteiger partial charge in [0.05, 0.1) is 19.1 Å². The first kappa shape index (κ1) is 16.5. The molecule has 0 bridgehead atoms. The van der Waals surface area contributed by atoms with Crippen molar-refractivity contribution in [3.8, 4) is 17.2 Å². The number of carbonyl (C=O) groups excluding carboxylic acids is 1. The summed E-state index contributed by atoms with van der Waals surface area (Å²) < 4.78 is 10.8. The molecule has 0 unspecified atom stereocenters. The van der Waals surface area contributed by atoms with Gasteiger partial charge in [-0.1, -0.05) is 6.92 Å². The third-order valence-electron chi connectivity index (χ3n) is 3.33. The predicted molar refractivity (Wildman–Crippen MR) is 93.6 cm³/mol. The van der Waals surface area contributed by atoms with Gasteiger partial charge in [0.25, 0.3) is 5.91 Å². The second-order valence-electron chi connectivity index (χ2n) is 5.26. The molecule has 7 heteroatoms.